The topological polar surface area (TPSA) is 60.0 Å². The SMILES string of the molecule is CCCn1cc(N)cc1C(=O)NC(C)C1CC2CCC1C2. The largest absolute Gasteiger partial charge is 0.397 e. The molecule has 116 valence electrons. The smallest absolute Gasteiger partial charge is 0.268 e. The number of fused-ring (bicyclic) bond motifs is 2. The number of hydrogen-bond acceptors (Lipinski definition) is 2. The number of carbonyl (C=O) groups excluding carboxylic acids is 1. The third kappa shape index (κ3) is 2.81. The quantitative estimate of drug-likeness (QED) is 0.875. The van der Waals surface area contributed by atoms with Crippen molar-refractivity contribution >= 4 is 11.6 Å². The van der Waals surface area contributed by atoms with Crippen molar-refractivity contribution in [2.24, 2.45) is 17.8 Å². The first-order chi connectivity index (χ1) is 10.1. The minimum absolute atomic E-state index is 0.0235. The van der Waals surface area contributed by atoms with E-state index in [1.54, 1.807) is 6.07 Å². The van der Waals surface area contributed by atoms with E-state index in [1.165, 1.54) is 25.7 Å². The highest BCUT2D eigenvalue weighted by molar-refractivity contribution is 5.94. The lowest BCUT2D eigenvalue weighted by molar-refractivity contribution is 0.0905. The summed E-state index contributed by atoms with van der Waals surface area (Å²) in [4.78, 5) is 12.5. The molecule has 0 aliphatic heterocycles. The van der Waals surface area contributed by atoms with E-state index in [1.807, 2.05) is 10.8 Å². The number of aryl methyl sites for hydroxylation is 1. The van der Waals surface area contributed by atoms with Crippen molar-refractivity contribution in [3.8, 4) is 0 Å². The Morgan fingerprint density at radius 3 is 2.90 bits per heavy atom. The summed E-state index contributed by atoms with van der Waals surface area (Å²) in [5.41, 5.74) is 7.22. The maximum atomic E-state index is 12.5. The normalized spacial score (nSPS) is 28.8. The first kappa shape index (κ1) is 14.5. The number of carbonyl (C=O) groups is 1. The number of amides is 1. The standard InChI is InChI=1S/C17H27N3O/c1-3-6-20-10-14(18)9-16(20)17(21)19-11(2)15-8-12-4-5-13(15)7-12/h9-13,15H,3-8,18H2,1-2H3,(H,19,21). The Morgan fingerprint density at radius 1 is 1.48 bits per heavy atom. The van der Waals surface area contributed by atoms with Gasteiger partial charge in [-0.2, -0.15) is 0 Å². The van der Waals surface area contributed by atoms with E-state index in [4.69, 9.17) is 5.73 Å². The number of anilines is 1. The second-order valence-corrected chi connectivity index (χ2v) is 6.95. The Labute approximate surface area is 127 Å². The fourth-order valence-electron chi connectivity index (χ4n) is 4.44. The number of aromatic nitrogens is 1. The van der Waals surface area contributed by atoms with Crippen LogP contribution in [-0.2, 0) is 6.54 Å². The zero-order chi connectivity index (χ0) is 15.0. The molecule has 4 nitrogen and oxygen atoms in total. The second-order valence-electron chi connectivity index (χ2n) is 6.95. The zero-order valence-electron chi connectivity index (χ0n) is 13.1. The molecule has 0 spiro atoms. The van der Waals surface area contributed by atoms with Crippen molar-refractivity contribution < 1.29 is 4.79 Å². The van der Waals surface area contributed by atoms with E-state index in [0.29, 0.717) is 17.3 Å². The van der Waals surface area contributed by atoms with Crippen molar-refractivity contribution in [3.63, 3.8) is 0 Å². The van der Waals surface area contributed by atoms with E-state index in [-0.39, 0.29) is 11.9 Å². The van der Waals surface area contributed by atoms with E-state index in [9.17, 15) is 4.79 Å². The Kier molecular flexibility index (Phi) is 3.96. The van der Waals surface area contributed by atoms with E-state index < -0.39 is 0 Å². The van der Waals surface area contributed by atoms with Crippen LogP contribution in [0.15, 0.2) is 12.3 Å². The summed E-state index contributed by atoms with van der Waals surface area (Å²) < 4.78 is 1.97. The van der Waals surface area contributed by atoms with Crippen LogP contribution in [-0.4, -0.2) is 16.5 Å². The number of hydrogen-bond donors (Lipinski definition) is 2. The molecule has 21 heavy (non-hydrogen) atoms. The number of nitrogens with zero attached hydrogens (tertiary/aromatic N) is 1. The monoisotopic (exact) mass is 289 g/mol. The van der Waals surface area contributed by atoms with Gasteiger partial charge in [-0.3, -0.25) is 4.79 Å². The first-order valence-corrected chi connectivity index (χ1v) is 8.35. The van der Waals surface area contributed by atoms with Gasteiger partial charge in [-0.15, -0.1) is 0 Å². The molecule has 1 aromatic heterocycles. The lowest BCUT2D eigenvalue weighted by Crippen LogP contribution is -2.40. The van der Waals surface area contributed by atoms with E-state index in [0.717, 1.165) is 24.8 Å². The van der Waals surface area contributed by atoms with Crippen LogP contribution in [0, 0.1) is 17.8 Å². The summed E-state index contributed by atoms with van der Waals surface area (Å²) in [7, 11) is 0. The molecule has 2 saturated carbocycles. The van der Waals surface area contributed by atoms with Gasteiger partial charge in [-0.1, -0.05) is 13.3 Å². The third-order valence-electron chi connectivity index (χ3n) is 5.41. The molecule has 1 heterocycles. The van der Waals surface area contributed by atoms with Gasteiger partial charge in [-0.25, -0.2) is 0 Å². The van der Waals surface area contributed by atoms with Crippen LogP contribution in [0.3, 0.4) is 0 Å². The minimum Gasteiger partial charge on any atom is -0.397 e. The van der Waals surface area contributed by atoms with Crippen LogP contribution < -0.4 is 11.1 Å². The molecule has 0 saturated heterocycles. The highest BCUT2D eigenvalue weighted by Crippen LogP contribution is 2.49. The molecule has 4 unspecified atom stereocenters. The summed E-state index contributed by atoms with van der Waals surface area (Å²) >= 11 is 0. The van der Waals surface area contributed by atoms with E-state index >= 15 is 0 Å². The molecule has 3 N–H and O–H groups in total. The molecule has 2 aliphatic rings. The third-order valence-corrected chi connectivity index (χ3v) is 5.41. The molecule has 4 heteroatoms. The molecule has 2 fully saturated rings. The average Bonchev–Trinajstić information content (AvgIpc) is 3.14. The summed E-state index contributed by atoms with van der Waals surface area (Å²) in [6, 6.07) is 2.05. The van der Waals surface area contributed by atoms with Crippen molar-refractivity contribution in [1.29, 1.82) is 0 Å². The molecule has 1 amide bonds. The minimum atomic E-state index is 0.0235. The molecular formula is C17H27N3O. The summed E-state index contributed by atoms with van der Waals surface area (Å²) in [6.45, 7) is 5.11. The molecule has 2 aliphatic carbocycles. The molecule has 1 aromatic rings. The van der Waals surface area contributed by atoms with Crippen LogP contribution in [0.25, 0.3) is 0 Å². The molecule has 0 radical (unpaired) electrons. The average molecular weight is 289 g/mol. The summed E-state index contributed by atoms with van der Waals surface area (Å²) in [6.07, 6.45) is 8.29. The number of nitrogens with two attached hydrogens (primary N) is 1. The predicted molar refractivity (Wildman–Crippen MR) is 85.0 cm³/mol. The van der Waals surface area contributed by atoms with Crippen LogP contribution in [0.1, 0.15) is 56.4 Å². The van der Waals surface area contributed by atoms with Crippen molar-refractivity contribution in [2.45, 2.75) is 58.5 Å². The lowest BCUT2D eigenvalue weighted by atomic mass is 9.84. The van der Waals surface area contributed by atoms with Crippen molar-refractivity contribution in [3.05, 3.63) is 18.0 Å². The number of nitrogen functional groups attached to an aromatic ring is 1. The van der Waals surface area contributed by atoms with Gasteiger partial charge < -0.3 is 15.6 Å². The van der Waals surface area contributed by atoms with Crippen LogP contribution in [0.4, 0.5) is 5.69 Å². The van der Waals surface area contributed by atoms with Gasteiger partial charge in [0.1, 0.15) is 5.69 Å². The molecule has 0 aromatic carbocycles. The van der Waals surface area contributed by atoms with Gasteiger partial charge in [-0.05, 0) is 56.4 Å². The molecule has 2 bridgehead atoms. The maximum Gasteiger partial charge on any atom is 0.268 e. The van der Waals surface area contributed by atoms with Crippen LogP contribution >= 0.6 is 0 Å². The fraction of sp³-hybridized carbons (Fsp3) is 0.706. The summed E-state index contributed by atoms with van der Waals surface area (Å²) in [5, 5.41) is 3.22. The Hall–Kier alpha value is -1.45. The zero-order valence-corrected chi connectivity index (χ0v) is 13.1. The molecule has 4 atom stereocenters. The maximum absolute atomic E-state index is 12.5. The highest BCUT2D eigenvalue weighted by Gasteiger charge is 2.42. The highest BCUT2D eigenvalue weighted by atomic mass is 16.2. The van der Waals surface area contributed by atoms with E-state index in [2.05, 4.69) is 19.2 Å². The van der Waals surface area contributed by atoms with Crippen molar-refractivity contribution in [2.75, 3.05) is 5.73 Å². The van der Waals surface area contributed by atoms with Gasteiger partial charge in [0.15, 0.2) is 0 Å². The second kappa shape index (κ2) is 5.74. The fourth-order valence-corrected chi connectivity index (χ4v) is 4.44. The Bertz CT molecular complexity index is 522. The van der Waals surface area contributed by atoms with Gasteiger partial charge >= 0.3 is 0 Å². The first-order valence-electron chi connectivity index (χ1n) is 8.35. The predicted octanol–water partition coefficient (Wildman–Crippen LogP) is 3.03. The Morgan fingerprint density at radius 2 is 2.29 bits per heavy atom. The van der Waals surface area contributed by atoms with Gasteiger partial charge in [0.05, 0.1) is 5.69 Å². The lowest BCUT2D eigenvalue weighted by Gasteiger charge is -2.28. The van der Waals surface area contributed by atoms with Crippen LogP contribution in [0.2, 0.25) is 0 Å². The van der Waals surface area contributed by atoms with Gasteiger partial charge in [0.25, 0.3) is 5.91 Å². The molecular weight excluding hydrogens is 262 g/mol. The van der Waals surface area contributed by atoms with Gasteiger partial charge in [0.2, 0.25) is 0 Å². The number of rotatable bonds is 5. The number of nitrogens with one attached hydrogen (secondary N) is 1. The van der Waals surface area contributed by atoms with Crippen molar-refractivity contribution in [1.82, 2.24) is 9.88 Å². The summed E-state index contributed by atoms with van der Waals surface area (Å²) in [5.74, 6) is 2.44. The van der Waals surface area contributed by atoms with Gasteiger partial charge in [0, 0.05) is 18.8 Å². The Balaban J connectivity index is 1.66. The van der Waals surface area contributed by atoms with Crippen LogP contribution in [0.5, 0.6) is 0 Å². The molecule has 3 rings (SSSR count).